The number of rotatable bonds is 5. The summed E-state index contributed by atoms with van der Waals surface area (Å²) in [5.74, 6) is 0.260. The van der Waals surface area contributed by atoms with Gasteiger partial charge in [-0.3, -0.25) is 9.71 Å². The van der Waals surface area contributed by atoms with E-state index in [-0.39, 0.29) is 27.5 Å². The quantitative estimate of drug-likeness (QED) is 0.752. The summed E-state index contributed by atoms with van der Waals surface area (Å²) in [4.78, 5) is 12.4. The second-order valence-electron chi connectivity index (χ2n) is 5.88. The van der Waals surface area contributed by atoms with Gasteiger partial charge in [0.2, 0.25) is 11.8 Å². The van der Waals surface area contributed by atoms with Crippen molar-refractivity contribution >= 4 is 33.0 Å². The van der Waals surface area contributed by atoms with E-state index in [0.717, 1.165) is 0 Å². The molecular formula is C17H18ClN5O4S. The number of pyridine rings is 2. The largest absolute Gasteiger partial charge is 0.480 e. The van der Waals surface area contributed by atoms with Crippen molar-refractivity contribution in [3.63, 3.8) is 0 Å². The van der Waals surface area contributed by atoms with Gasteiger partial charge >= 0.3 is 0 Å². The lowest BCUT2D eigenvalue weighted by molar-refractivity contribution is 0.289. The molecule has 0 fully saturated rings. The molecular weight excluding hydrogens is 406 g/mol. The summed E-state index contributed by atoms with van der Waals surface area (Å²) in [7, 11) is -2.72. The van der Waals surface area contributed by atoms with Crippen LogP contribution in [-0.4, -0.2) is 43.9 Å². The number of hydrogen-bond acceptors (Lipinski definition) is 8. The van der Waals surface area contributed by atoms with Gasteiger partial charge in [-0.25, -0.2) is 18.4 Å². The SMILES string of the molecule is COc1ncc(Cl)cc1S(=O)(=O)Nc1cnc2c(c1)C(C=CN)=NC(C)CO2. The highest BCUT2D eigenvalue weighted by atomic mass is 35.5. The average Bonchev–Trinajstić information content (AvgIpc) is 2.81. The Kier molecular flexibility index (Phi) is 5.71. The third-order valence-electron chi connectivity index (χ3n) is 3.72. The molecule has 0 aliphatic carbocycles. The number of ether oxygens (including phenoxy) is 2. The maximum Gasteiger partial charge on any atom is 0.267 e. The Bertz CT molecular complexity index is 1060. The molecule has 1 aliphatic rings. The van der Waals surface area contributed by atoms with Crippen molar-refractivity contribution < 1.29 is 17.9 Å². The Labute approximate surface area is 167 Å². The summed E-state index contributed by atoms with van der Waals surface area (Å²) in [6.45, 7) is 2.23. The number of methoxy groups -OCH3 is 1. The molecule has 9 nitrogen and oxygen atoms in total. The van der Waals surface area contributed by atoms with Crippen molar-refractivity contribution in [2.24, 2.45) is 10.7 Å². The number of sulfonamides is 1. The van der Waals surface area contributed by atoms with Crippen LogP contribution in [0.2, 0.25) is 5.02 Å². The lowest BCUT2D eigenvalue weighted by atomic mass is 10.1. The number of allylic oxidation sites excluding steroid dienone is 1. The first-order chi connectivity index (χ1) is 13.3. The van der Waals surface area contributed by atoms with Crippen LogP contribution in [-0.2, 0) is 10.0 Å². The van der Waals surface area contributed by atoms with E-state index in [2.05, 4.69) is 19.7 Å². The molecule has 1 unspecified atom stereocenters. The number of aliphatic imine (C=N–C) groups is 1. The van der Waals surface area contributed by atoms with Gasteiger partial charge in [-0.1, -0.05) is 11.6 Å². The molecule has 148 valence electrons. The Morgan fingerprint density at radius 3 is 2.86 bits per heavy atom. The van der Waals surface area contributed by atoms with Crippen LogP contribution in [0.1, 0.15) is 12.5 Å². The first-order valence-electron chi connectivity index (χ1n) is 8.15. The number of hydrogen-bond donors (Lipinski definition) is 2. The predicted molar refractivity (Wildman–Crippen MR) is 106 cm³/mol. The molecule has 1 atom stereocenters. The molecule has 2 aromatic rings. The monoisotopic (exact) mass is 423 g/mol. The average molecular weight is 424 g/mol. The van der Waals surface area contributed by atoms with E-state index in [4.69, 9.17) is 26.8 Å². The second-order valence-corrected chi connectivity index (χ2v) is 7.96. The number of halogens is 1. The minimum absolute atomic E-state index is 0.0786. The molecule has 0 saturated carbocycles. The molecule has 0 spiro atoms. The zero-order valence-corrected chi connectivity index (χ0v) is 16.7. The van der Waals surface area contributed by atoms with Gasteiger partial charge in [0.15, 0.2) is 4.90 Å². The Balaban J connectivity index is 2.01. The van der Waals surface area contributed by atoms with Crippen LogP contribution in [0.4, 0.5) is 5.69 Å². The van der Waals surface area contributed by atoms with Crippen molar-refractivity contribution in [2.45, 2.75) is 17.9 Å². The molecule has 0 saturated heterocycles. The van der Waals surface area contributed by atoms with Crippen LogP contribution in [0.3, 0.4) is 0 Å². The number of nitrogens with one attached hydrogen (secondary N) is 1. The summed E-state index contributed by atoms with van der Waals surface area (Å²) in [5.41, 5.74) is 6.77. The number of nitrogens with two attached hydrogens (primary N) is 1. The highest BCUT2D eigenvalue weighted by Crippen LogP contribution is 2.28. The number of nitrogens with zero attached hydrogens (tertiary/aromatic N) is 3. The van der Waals surface area contributed by atoms with Crippen LogP contribution in [0.15, 0.2) is 46.7 Å². The molecule has 28 heavy (non-hydrogen) atoms. The van der Waals surface area contributed by atoms with E-state index >= 15 is 0 Å². The van der Waals surface area contributed by atoms with Crippen LogP contribution < -0.4 is 19.9 Å². The Hall–Kier alpha value is -2.85. The van der Waals surface area contributed by atoms with E-state index < -0.39 is 10.0 Å². The van der Waals surface area contributed by atoms with E-state index in [0.29, 0.717) is 23.8 Å². The molecule has 3 heterocycles. The maximum atomic E-state index is 12.8. The predicted octanol–water partition coefficient (Wildman–Crippen LogP) is 1.98. The van der Waals surface area contributed by atoms with Gasteiger partial charge < -0.3 is 15.2 Å². The maximum absolute atomic E-state index is 12.8. The van der Waals surface area contributed by atoms with E-state index in [1.54, 1.807) is 12.1 Å². The zero-order valence-electron chi connectivity index (χ0n) is 15.1. The number of fused-ring (bicyclic) bond motifs is 1. The molecule has 0 radical (unpaired) electrons. The van der Waals surface area contributed by atoms with Crippen molar-refractivity contribution in [1.29, 1.82) is 0 Å². The molecule has 0 amide bonds. The lowest BCUT2D eigenvalue weighted by Gasteiger charge is -2.13. The minimum atomic E-state index is -4.04. The third kappa shape index (κ3) is 4.18. The van der Waals surface area contributed by atoms with Crippen molar-refractivity contribution in [3.05, 3.63) is 47.4 Å². The van der Waals surface area contributed by atoms with Gasteiger partial charge in [-0.2, -0.15) is 0 Å². The first kappa shape index (κ1) is 19.9. The zero-order chi connectivity index (χ0) is 20.3. The first-order valence-corrected chi connectivity index (χ1v) is 10.0. The van der Waals surface area contributed by atoms with Gasteiger partial charge in [0, 0.05) is 6.20 Å². The molecule has 11 heteroatoms. The fourth-order valence-corrected chi connectivity index (χ4v) is 3.94. The third-order valence-corrected chi connectivity index (χ3v) is 5.30. The summed E-state index contributed by atoms with van der Waals surface area (Å²) in [6, 6.07) is 2.71. The second kappa shape index (κ2) is 8.03. The lowest BCUT2D eigenvalue weighted by Crippen LogP contribution is -2.15. The van der Waals surface area contributed by atoms with Gasteiger partial charge in [0.1, 0.15) is 6.61 Å². The summed E-state index contributed by atoms with van der Waals surface area (Å²) in [5, 5.41) is 0.158. The van der Waals surface area contributed by atoms with Crippen LogP contribution in [0.25, 0.3) is 0 Å². The Morgan fingerprint density at radius 1 is 1.36 bits per heavy atom. The number of anilines is 1. The van der Waals surface area contributed by atoms with Crippen molar-refractivity contribution in [2.75, 3.05) is 18.4 Å². The van der Waals surface area contributed by atoms with E-state index in [9.17, 15) is 8.42 Å². The van der Waals surface area contributed by atoms with Crippen LogP contribution in [0.5, 0.6) is 11.8 Å². The van der Waals surface area contributed by atoms with Gasteiger partial charge in [-0.05, 0) is 31.3 Å². The van der Waals surface area contributed by atoms with Crippen LogP contribution in [0, 0.1) is 0 Å². The molecule has 2 aromatic heterocycles. The summed E-state index contributed by atoms with van der Waals surface area (Å²) < 4.78 is 38.7. The minimum Gasteiger partial charge on any atom is -0.480 e. The highest BCUT2D eigenvalue weighted by Gasteiger charge is 2.23. The molecule has 1 aliphatic heterocycles. The van der Waals surface area contributed by atoms with Crippen molar-refractivity contribution in [1.82, 2.24) is 9.97 Å². The standard InChI is InChI=1S/C17H18ClN5O4S/c1-10-9-27-16-13(14(22-10)3-4-19)6-12(8-21-16)23-28(24,25)15-5-11(18)7-20-17(15)26-2/h3-8,10,23H,9,19H2,1-2H3. The van der Waals surface area contributed by atoms with Gasteiger partial charge in [-0.15, -0.1) is 0 Å². The number of aromatic nitrogens is 2. The fraction of sp³-hybridized carbons (Fsp3) is 0.235. The van der Waals surface area contributed by atoms with E-state index in [1.165, 1.54) is 31.8 Å². The molecule has 0 aromatic carbocycles. The highest BCUT2D eigenvalue weighted by molar-refractivity contribution is 7.92. The van der Waals surface area contributed by atoms with Crippen molar-refractivity contribution in [3.8, 4) is 11.8 Å². The summed E-state index contributed by atoms with van der Waals surface area (Å²) in [6.07, 6.45) is 5.60. The topological polar surface area (TPSA) is 129 Å². The van der Waals surface area contributed by atoms with Gasteiger partial charge in [0.25, 0.3) is 10.0 Å². The Morgan fingerprint density at radius 2 is 2.14 bits per heavy atom. The van der Waals surface area contributed by atoms with Crippen LogP contribution >= 0.6 is 11.6 Å². The fourth-order valence-electron chi connectivity index (χ4n) is 2.54. The molecule has 0 bridgehead atoms. The van der Waals surface area contributed by atoms with Gasteiger partial charge in [0.05, 0.1) is 41.3 Å². The smallest absolute Gasteiger partial charge is 0.267 e. The normalized spacial score (nSPS) is 16.7. The summed E-state index contributed by atoms with van der Waals surface area (Å²) >= 11 is 5.89. The molecule has 3 N–H and O–H groups in total. The van der Waals surface area contributed by atoms with E-state index in [1.807, 2.05) is 6.92 Å². The molecule has 3 rings (SSSR count).